The molecule has 146 valence electrons. The van der Waals surface area contributed by atoms with Gasteiger partial charge in [-0.2, -0.15) is 0 Å². The summed E-state index contributed by atoms with van der Waals surface area (Å²) in [6, 6.07) is 11.8. The summed E-state index contributed by atoms with van der Waals surface area (Å²) in [6.07, 6.45) is 0. The number of rotatable bonds is 4. The van der Waals surface area contributed by atoms with Gasteiger partial charge in [0.05, 0.1) is 30.2 Å². The van der Waals surface area contributed by atoms with Crippen LogP contribution in [0, 0.1) is 5.92 Å². The van der Waals surface area contributed by atoms with Crippen LogP contribution in [-0.2, 0) is 9.53 Å². The van der Waals surface area contributed by atoms with Crippen molar-refractivity contribution in [3.8, 4) is 11.5 Å². The highest BCUT2D eigenvalue weighted by Gasteiger charge is 2.55. The van der Waals surface area contributed by atoms with Crippen LogP contribution < -0.4 is 14.4 Å². The van der Waals surface area contributed by atoms with Gasteiger partial charge in [0.25, 0.3) is 0 Å². The first kappa shape index (κ1) is 18.3. The molecule has 2 aromatic carbocycles. The van der Waals surface area contributed by atoms with E-state index in [-0.39, 0.29) is 18.7 Å². The molecule has 0 aromatic heterocycles. The van der Waals surface area contributed by atoms with Crippen LogP contribution in [0.25, 0.3) is 0 Å². The molecule has 0 radical (unpaired) electrons. The number of hydrogen-bond acceptors (Lipinski definition) is 6. The number of hydrogen-bond donors (Lipinski definition) is 1. The predicted octanol–water partition coefficient (Wildman–Crippen LogP) is 2.68. The highest BCUT2D eigenvalue weighted by atomic mass is 16.7. The van der Waals surface area contributed by atoms with Crippen LogP contribution in [0.5, 0.6) is 11.5 Å². The number of β-lactam (4-membered cyclic amide) rings is 1. The molecule has 2 atom stereocenters. The lowest BCUT2D eigenvalue weighted by Gasteiger charge is -2.51. The molecule has 1 saturated heterocycles. The van der Waals surface area contributed by atoms with E-state index in [1.165, 1.54) is 7.11 Å². The smallest absolute Gasteiger partial charge is 0.337 e. The number of ether oxygens (including phenoxy) is 3. The monoisotopic (exact) mass is 383 g/mol. The summed E-state index contributed by atoms with van der Waals surface area (Å²) in [5, 5.41) is 10.6. The van der Waals surface area contributed by atoms with Crippen molar-refractivity contribution in [1.29, 1.82) is 0 Å². The molecule has 1 amide bonds. The number of methoxy groups -OCH3 is 1. The van der Waals surface area contributed by atoms with Crippen LogP contribution >= 0.6 is 0 Å². The molecular formula is C21H21NO6. The number of fused-ring (bicyclic) bond motifs is 1. The minimum atomic E-state index is -1.19. The van der Waals surface area contributed by atoms with E-state index in [9.17, 15) is 14.7 Å². The quantitative estimate of drug-likeness (QED) is 0.645. The lowest BCUT2D eigenvalue weighted by Crippen LogP contribution is -2.62. The van der Waals surface area contributed by atoms with Crippen LogP contribution in [0.2, 0.25) is 0 Å². The van der Waals surface area contributed by atoms with E-state index in [2.05, 4.69) is 0 Å². The first-order chi connectivity index (χ1) is 13.3. The second kappa shape index (κ2) is 6.53. The Morgan fingerprint density at radius 3 is 2.46 bits per heavy atom. The number of carbonyl (C=O) groups excluding carboxylic acids is 2. The summed E-state index contributed by atoms with van der Waals surface area (Å²) in [5.74, 6) is 0.0489. The average Bonchev–Trinajstić information content (AvgIpc) is 3.12. The van der Waals surface area contributed by atoms with Crippen LogP contribution in [0.4, 0.5) is 5.69 Å². The van der Waals surface area contributed by atoms with Crippen molar-refractivity contribution >= 4 is 17.6 Å². The molecule has 2 heterocycles. The summed E-state index contributed by atoms with van der Waals surface area (Å²) in [4.78, 5) is 26.2. The maximum absolute atomic E-state index is 12.9. The van der Waals surface area contributed by atoms with E-state index < -0.39 is 17.5 Å². The molecule has 28 heavy (non-hydrogen) atoms. The summed E-state index contributed by atoms with van der Waals surface area (Å²) in [7, 11) is 1.32. The molecule has 2 aromatic rings. The SMILES string of the molecule is COC(=O)c1ccc(N2C(=O)[C@H](C(C)(C)O)[C@H]2c2ccc3c(c2)OCO3)cc1. The molecule has 1 fully saturated rings. The third-order valence-electron chi connectivity index (χ3n) is 5.16. The van der Waals surface area contributed by atoms with Gasteiger partial charge < -0.3 is 24.2 Å². The number of anilines is 1. The number of nitrogens with zero attached hydrogens (tertiary/aromatic N) is 1. The van der Waals surface area contributed by atoms with Crippen molar-refractivity contribution in [1.82, 2.24) is 0 Å². The first-order valence-corrected chi connectivity index (χ1v) is 8.94. The van der Waals surface area contributed by atoms with Gasteiger partial charge in [-0.05, 0) is 55.8 Å². The zero-order valence-corrected chi connectivity index (χ0v) is 15.8. The molecule has 4 rings (SSSR count). The maximum atomic E-state index is 12.9. The highest BCUT2D eigenvalue weighted by Crippen LogP contribution is 2.49. The number of amides is 1. The molecule has 0 spiro atoms. The van der Waals surface area contributed by atoms with Gasteiger partial charge in [-0.1, -0.05) is 6.07 Å². The molecule has 7 nitrogen and oxygen atoms in total. The van der Waals surface area contributed by atoms with Gasteiger partial charge in [0, 0.05) is 5.69 Å². The number of carbonyl (C=O) groups is 2. The molecule has 1 N–H and O–H groups in total. The predicted molar refractivity (Wildman–Crippen MR) is 100 cm³/mol. The second-order valence-corrected chi connectivity index (χ2v) is 7.44. The minimum Gasteiger partial charge on any atom is -0.465 e. The molecule has 0 aliphatic carbocycles. The van der Waals surface area contributed by atoms with Crippen LogP contribution in [0.15, 0.2) is 42.5 Å². The Bertz CT molecular complexity index is 931. The molecule has 0 bridgehead atoms. The molecule has 2 aliphatic heterocycles. The Labute approximate surface area is 162 Å². The van der Waals surface area contributed by atoms with Gasteiger partial charge in [0.2, 0.25) is 12.7 Å². The van der Waals surface area contributed by atoms with Crippen molar-refractivity contribution in [3.63, 3.8) is 0 Å². The normalized spacial score (nSPS) is 20.7. The fourth-order valence-corrected chi connectivity index (χ4v) is 3.78. The van der Waals surface area contributed by atoms with Gasteiger partial charge in [-0.25, -0.2) is 4.79 Å². The Morgan fingerprint density at radius 2 is 1.82 bits per heavy atom. The average molecular weight is 383 g/mol. The van der Waals surface area contributed by atoms with E-state index in [1.54, 1.807) is 49.1 Å². The number of esters is 1. The Kier molecular flexibility index (Phi) is 4.27. The largest absolute Gasteiger partial charge is 0.465 e. The summed E-state index contributed by atoms with van der Waals surface area (Å²) < 4.78 is 15.5. The summed E-state index contributed by atoms with van der Waals surface area (Å²) in [5.41, 5.74) is 0.687. The van der Waals surface area contributed by atoms with Crippen molar-refractivity contribution < 1.29 is 28.9 Å². The Hall–Kier alpha value is -3.06. The van der Waals surface area contributed by atoms with E-state index in [0.29, 0.717) is 22.7 Å². The van der Waals surface area contributed by atoms with E-state index in [4.69, 9.17) is 14.2 Å². The van der Waals surface area contributed by atoms with E-state index in [0.717, 1.165) is 5.56 Å². The fourth-order valence-electron chi connectivity index (χ4n) is 3.78. The van der Waals surface area contributed by atoms with Gasteiger partial charge >= 0.3 is 5.97 Å². The zero-order valence-electron chi connectivity index (χ0n) is 15.8. The lowest BCUT2D eigenvalue weighted by atomic mass is 9.72. The van der Waals surface area contributed by atoms with Gasteiger partial charge in [-0.3, -0.25) is 4.79 Å². The summed E-state index contributed by atoms with van der Waals surface area (Å²) >= 11 is 0. The maximum Gasteiger partial charge on any atom is 0.337 e. The van der Waals surface area contributed by atoms with E-state index in [1.807, 2.05) is 12.1 Å². The summed E-state index contributed by atoms with van der Waals surface area (Å²) in [6.45, 7) is 3.43. The minimum absolute atomic E-state index is 0.163. The number of benzene rings is 2. The van der Waals surface area contributed by atoms with E-state index >= 15 is 0 Å². The molecule has 0 unspecified atom stereocenters. The molecular weight excluding hydrogens is 362 g/mol. The van der Waals surface area contributed by atoms with Crippen molar-refractivity contribution in [2.24, 2.45) is 5.92 Å². The van der Waals surface area contributed by atoms with Crippen molar-refractivity contribution in [3.05, 3.63) is 53.6 Å². The van der Waals surface area contributed by atoms with Crippen molar-refractivity contribution in [2.45, 2.75) is 25.5 Å². The topological polar surface area (TPSA) is 85.3 Å². The molecule has 0 saturated carbocycles. The molecule has 7 heteroatoms. The van der Waals surface area contributed by atoms with Crippen LogP contribution in [-0.4, -0.2) is 36.5 Å². The standard InChI is InChI=1S/C21H21NO6/c1-21(2,25)17-18(13-6-9-15-16(10-13)28-11-27-15)22(19(17)23)14-7-4-12(5-8-14)20(24)26-3/h4-10,17-18,25H,11H2,1-3H3/t17-,18-/m1/s1. The second-order valence-electron chi connectivity index (χ2n) is 7.44. The van der Waals surface area contributed by atoms with Gasteiger partial charge in [0.15, 0.2) is 11.5 Å². The zero-order chi connectivity index (χ0) is 20.1. The van der Waals surface area contributed by atoms with Gasteiger partial charge in [-0.15, -0.1) is 0 Å². The highest BCUT2D eigenvalue weighted by molar-refractivity contribution is 6.04. The lowest BCUT2D eigenvalue weighted by molar-refractivity contribution is -0.142. The Balaban J connectivity index is 1.71. The number of aliphatic hydroxyl groups is 1. The fraction of sp³-hybridized carbons (Fsp3) is 0.333. The van der Waals surface area contributed by atoms with Crippen LogP contribution in [0.3, 0.4) is 0 Å². The Morgan fingerprint density at radius 1 is 1.14 bits per heavy atom. The first-order valence-electron chi connectivity index (χ1n) is 8.94. The van der Waals surface area contributed by atoms with Gasteiger partial charge in [0.1, 0.15) is 0 Å². The van der Waals surface area contributed by atoms with Crippen LogP contribution in [0.1, 0.15) is 35.8 Å². The third-order valence-corrected chi connectivity index (χ3v) is 5.16. The molecule has 2 aliphatic rings. The third kappa shape index (κ3) is 2.88. The van der Waals surface area contributed by atoms with Crippen molar-refractivity contribution in [2.75, 3.05) is 18.8 Å².